The van der Waals surface area contributed by atoms with E-state index < -0.39 is 10.0 Å². The van der Waals surface area contributed by atoms with Gasteiger partial charge in [-0.15, -0.1) is 11.8 Å². The van der Waals surface area contributed by atoms with Gasteiger partial charge in [-0.2, -0.15) is 0 Å². The van der Waals surface area contributed by atoms with Crippen LogP contribution in [0.2, 0.25) is 0 Å². The molecular formula is C24H24N2O3S2. The van der Waals surface area contributed by atoms with Gasteiger partial charge in [0.1, 0.15) is 5.37 Å². The molecule has 1 amide bonds. The molecule has 1 atom stereocenters. The molecule has 3 aromatic rings. The first-order chi connectivity index (χ1) is 14.7. The van der Waals surface area contributed by atoms with E-state index in [1.165, 1.54) is 5.56 Å². The lowest BCUT2D eigenvalue weighted by Crippen LogP contribution is -2.28. The Balaban J connectivity index is 1.63. The maximum atomic E-state index is 12.8. The van der Waals surface area contributed by atoms with Gasteiger partial charge in [0.25, 0.3) is 10.0 Å². The summed E-state index contributed by atoms with van der Waals surface area (Å²) in [4.78, 5) is 14.7. The molecule has 0 unspecified atom stereocenters. The van der Waals surface area contributed by atoms with Crippen LogP contribution in [0.25, 0.3) is 0 Å². The van der Waals surface area contributed by atoms with Crippen molar-refractivity contribution in [3.63, 3.8) is 0 Å². The van der Waals surface area contributed by atoms with Gasteiger partial charge in [0.15, 0.2) is 0 Å². The van der Waals surface area contributed by atoms with Crippen molar-refractivity contribution in [3.05, 3.63) is 89.0 Å². The zero-order valence-corrected chi connectivity index (χ0v) is 19.3. The number of hydrogen-bond donors (Lipinski definition) is 1. The second kappa shape index (κ2) is 8.40. The highest BCUT2D eigenvalue weighted by atomic mass is 32.2. The van der Waals surface area contributed by atoms with Gasteiger partial charge in [0.05, 0.1) is 10.6 Å². The van der Waals surface area contributed by atoms with E-state index in [2.05, 4.69) is 4.72 Å². The van der Waals surface area contributed by atoms with Crippen molar-refractivity contribution in [2.45, 2.75) is 31.0 Å². The molecule has 0 aromatic heterocycles. The van der Waals surface area contributed by atoms with E-state index in [-0.39, 0.29) is 16.2 Å². The molecule has 7 heteroatoms. The van der Waals surface area contributed by atoms with E-state index in [0.717, 1.165) is 22.4 Å². The van der Waals surface area contributed by atoms with Crippen LogP contribution in [0.1, 0.15) is 27.6 Å². The Morgan fingerprint density at radius 2 is 1.68 bits per heavy atom. The van der Waals surface area contributed by atoms with Crippen LogP contribution in [0, 0.1) is 20.8 Å². The van der Waals surface area contributed by atoms with E-state index in [1.54, 1.807) is 53.1 Å². The van der Waals surface area contributed by atoms with Crippen molar-refractivity contribution in [3.8, 4) is 0 Å². The van der Waals surface area contributed by atoms with Gasteiger partial charge in [-0.05, 0) is 73.9 Å². The highest BCUT2D eigenvalue weighted by molar-refractivity contribution is 8.00. The van der Waals surface area contributed by atoms with Gasteiger partial charge < -0.3 is 0 Å². The summed E-state index contributed by atoms with van der Waals surface area (Å²) in [5.41, 5.74) is 5.49. The summed E-state index contributed by atoms with van der Waals surface area (Å²) in [7, 11) is -3.69. The summed E-state index contributed by atoms with van der Waals surface area (Å²) in [6.45, 7) is 5.98. The molecule has 1 fully saturated rings. The SMILES string of the molecule is Cc1ccc(S(=O)(=O)Nc2cccc([C@@H]3SCC(=O)N3c3ccc(C)c(C)c3)c2)cc1. The first-order valence-corrected chi connectivity index (χ1v) is 12.5. The number of nitrogens with one attached hydrogen (secondary N) is 1. The first kappa shape index (κ1) is 21.5. The van der Waals surface area contributed by atoms with Gasteiger partial charge in [0, 0.05) is 11.4 Å². The second-order valence-corrected chi connectivity index (χ2v) is 10.5. The highest BCUT2D eigenvalue weighted by Crippen LogP contribution is 2.42. The minimum absolute atomic E-state index is 0.0453. The zero-order valence-electron chi connectivity index (χ0n) is 17.6. The van der Waals surface area contributed by atoms with E-state index in [1.807, 2.05) is 51.1 Å². The van der Waals surface area contributed by atoms with E-state index in [9.17, 15) is 13.2 Å². The number of thioether (sulfide) groups is 1. The summed E-state index contributed by atoms with van der Waals surface area (Å²) in [6.07, 6.45) is 0. The van der Waals surface area contributed by atoms with Gasteiger partial charge in [-0.3, -0.25) is 14.4 Å². The van der Waals surface area contributed by atoms with E-state index in [4.69, 9.17) is 0 Å². The average Bonchev–Trinajstić information content (AvgIpc) is 3.12. The van der Waals surface area contributed by atoms with Crippen LogP contribution in [0.3, 0.4) is 0 Å². The molecule has 3 aromatic carbocycles. The topological polar surface area (TPSA) is 66.5 Å². The fourth-order valence-corrected chi connectivity index (χ4v) is 5.73. The smallest absolute Gasteiger partial charge is 0.261 e. The van der Waals surface area contributed by atoms with Crippen molar-refractivity contribution in [1.82, 2.24) is 0 Å². The molecule has 1 saturated heterocycles. The Hall–Kier alpha value is -2.77. The van der Waals surface area contributed by atoms with Gasteiger partial charge in [-0.1, -0.05) is 35.9 Å². The number of hydrogen-bond acceptors (Lipinski definition) is 4. The Bertz CT molecular complexity index is 1240. The number of sulfonamides is 1. The molecular weight excluding hydrogens is 428 g/mol. The van der Waals surface area contributed by atoms with Crippen molar-refractivity contribution in [2.75, 3.05) is 15.4 Å². The Morgan fingerprint density at radius 3 is 2.39 bits per heavy atom. The van der Waals surface area contributed by atoms with Crippen LogP contribution in [0.4, 0.5) is 11.4 Å². The molecule has 160 valence electrons. The molecule has 0 bridgehead atoms. The number of carbonyl (C=O) groups is 1. The number of rotatable bonds is 5. The van der Waals surface area contributed by atoms with E-state index >= 15 is 0 Å². The summed E-state index contributed by atoms with van der Waals surface area (Å²) in [5, 5.41) is -0.210. The average molecular weight is 453 g/mol. The lowest BCUT2D eigenvalue weighted by molar-refractivity contribution is -0.115. The molecule has 1 aliphatic heterocycles. The molecule has 0 aliphatic carbocycles. The summed E-state index contributed by atoms with van der Waals surface area (Å²) < 4.78 is 28.2. The lowest BCUT2D eigenvalue weighted by atomic mass is 10.1. The molecule has 0 saturated carbocycles. The third-order valence-electron chi connectivity index (χ3n) is 5.39. The van der Waals surface area contributed by atoms with Crippen LogP contribution in [0.15, 0.2) is 71.6 Å². The number of benzene rings is 3. The molecule has 0 spiro atoms. The van der Waals surface area contributed by atoms with Crippen molar-refractivity contribution in [2.24, 2.45) is 0 Å². The number of amides is 1. The largest absolute Gasteiger partial charge is 0.295 e. The minimum Gasteiger partial charge on any atom is -0.295 e. The third kappa shape index (κ3) is 4.48. The fourth-order valence-electron chi connectivity index (χ4n) is 3.51. The van der Waals surface area contributed by atoms with Crippen LogP contribution < -0.4 is 9.62 Å². The summed E-state index contributed by atoms with van der Waals surface area (Å²) in [6, 6.07) is 20.0. The standard InChI is InChI=1S/C24H24N2O3S2/c1-16-7-11-22(12-8-16)31(28,29)25-20-6-4-5-19(14-20)24-26(23(27)15-30-24)21-10-9-17(2)18(3)13-21/h4-14,24-25H,15H2,1-3H3/t24-/m0/s1. The normalized spacial score (nSPS) is 16.5. The minimum atomic E-state index is -3.69. The molecule has 0 radical (unpaired) electrons. The van der Waals surface area contributed by atoms with E-state index in [0.29, 0.717) is 11.4 Å². The zero-order chi connectivity index (χ0) is 22.2. The maximum absolute atomic E-state index is 12.8. The summed E-state index contributed by atoms with van der Waals surface area (Å²) >= 11 is 1.54. The predicted molar refractivity (Wildman–Crippen MR) is 127 cm³/mol. The molecule has 1 aliphatic rings. The Kier molecular flexibility index (Phi) is 5.81. The summed E-state index contributed by atoms with van der Waals surface area (Å²) in [5.74, 6) is 0.431. The van der Waals surface area contributed by atoms with Crippen molar-refractivity contribution >= 4 is 39.1 Å². The van der Waals surface area contributed by atoms with Crippen LogP contribution in [0.5, 0.6) is 0 Å². The third-order valence-corrected chi connectivity index (χ3v) is 8.00. The molecule has 4 rings (SSSR count). The van der Waals surface area contributed by atoms with Gasteiger partial charge in [-0.25, -0.2) is 8.42 Å². The molecule has 31 heavy (non-hydrogen) atoms. The second-order valence-electron chi connectivity index (χ2n) is 7.74. The highest BCUT2D eigenvalue weighted by Gasteiger charge is 2.34. The quantitative estimate of drug-likeness (QED) is 0.578. The van der Waals surface area contributed by atoms with Crippen LogP contribution in [-0.4, -0.2) is 20.1 Å². The van der Waals surface area contributed by atoms with Crippen molar-refractivity contribution < 1.29 is 13.2 Å². The Morgan fingerprint density at radius 1 is 0.935 bits per heavy atom. The number of aryl methyl sites for hydroxylation is 3. The fraction of sp³-hybridized carbons (Fsp3) is 0.208. The van der Waals surface area contributed by atoms with Crippen LogP contribution >= 0.6 is 11.8 Å². The van der Waals surface area contributed by atoms with Crippen LogP contribution in [-0.2, 0) is 14.8 Å². The number of nitrogens with zero attached hydrogens (tertiary/aromatic N) is 1. The van der Waals surface area contributed by atoms with Gasteiger partial charge in [0.2, 0.25) is 5.91 Å². The van der Waals surface area contributed by atoms with Crippen molar-refractivity contribution in [1.29, 1.82) is 0 Å². The number of anilines is 2. The number of carbonyl (C=O) groups excluding carboxylic acids is 1. The predicted octanol–water partition coefficient (Wildman–Crippen LogP) is 5.19. The first-order valence-electron chi connectivity index (χ1n) is 9.95. The monoisotopic (exact) mass is 452 g/mol. The Labute approximate surface area is 187 Å². The molecule has 1 N–H and O–H groups in total. The lowest BCUT2D eigenvalue weighted by Gasteiger charge is -2.25. The van der Waals surface area contributed by atoms with Gasteiger partial charge >= 0.3 is 0 Å². The molecule has 1 heterocycles. The maximum Gasteiger partial charge on any atom is 0.261 e. The molecule has 5 nitrogen and oxygen atoms in total.